The van der Waals surface area contributed by atoms with Gasteiger partial charge in [0.2, 0.25) is 0 Å². The van der Waals surface area contributed by atoms with Gasteiger partial charge in [0.25, 0.3) is 0 Å². The Morgan fingerprint density at radius 1 is 1.60 bits per heavy atom. The fourth-order valence-electron chi connectivity index (χ4n) is 1.02. The third kappa shape index (κ3) is 1.67. The molecule has 0 radical (unpaired) electrons. The second-order valence-corrected chi connectivity index (χ2v) is 2.39. The van der Waals surface area contributed by atoms with Gasteiger partial charge in [-0.15, -0.1) is 0 Å². The van der Waals surface area contributed by atoms with E-state index in [4.69, 9.17) is 19.7 Å². The summed E-state index contributed by atoms with van der Waals surface area (Å²) in [6.07, 6.45) is -1.49. The van der Waals surface area contributed by atoms with Gasteiger partial charge in [-0.05, 0) is 0 Å². The quantitative estimate of drug-likeness (QED) is 0.533. The van der Waals surface area contributed by atoms with E-state index < -0.39 is 12.4 Å². The maximum absolute atomic E-state index is 9.13. The molecular weight excluding hydrogens is 136 g/mol. The number of ether oxygens (including phenoxy) is 2. The van der Waals surface area contributed by atoms with Crippen LogP contribution in [0.4, 0.5) is 0 Å². The minimum atomic E-state index is -0.824. The monoisotopic (exact) mass is 148 g/mol. The van der Waals surface area contributed by atoms with E-state index in [-0.39, 0.29) is 12.5 Å². The minimum absolute atomic E-state index is 0.286. The van der Waals surface area contributed by atoms with E-state index in [0.717, 1.165) is 0 Å². The normalized spacial score (nSPS) is 40.5. The maximum atomic E-state index is 9.13. The summed E-state index contributed by atoms with van der Waals surface area (Å²) in [6, 6.07) is 0. The van der Waals surface area contributed by atoms with Crippen molar-refractivity contribution in [3.05, 3.63) is 0 Å². The van der Waals surface area contributed by atoms with Crippen molar-refractivity contribution in [1.82, 2.24) is 0 Å². The van der Waals surface area contributed by atoms with Crippen molar-refractivity contribution in [3.8, 4) is 0 Å². The zero-order valence-electron chi connectivity index (χ0n) is 5.86. The van der Waals surface area contributed by atoms with E-state index in [1.165, 1.54) is 7.11 Å². The van der Waals surface area contributed by atoms with Crippen LogP contribution in [0.15, 0.2) is 0 Å². The molecule has 2 N–H and O–H groups in total. The number of aliphatic hydroxyl groups excluding tert-OH is 2. The SMILES string of the molecule is COC[C@H]1O[C@H](O)C[C@@H]1O. The molecule has 1 rings (SSSR count). The van der Waals surface area contributed by atoms with E-state index in [1.54, 1.807) is 0 Å². The zero-order chi connectivity index (χ0) is 7.56. The predicted molar refractivity (Wildman–Crippen MR) is 33.4 cm³/mol. The van der Waals surface area contributed by atoms with Crippen molar-refractivity contribution in [2.45, 2.75) is 24.9 Å². The topological polar surface area (TPSA) is 58.9 Å². The summed E-state index contributed by atoms with van der Waals surface area (Å²) in [5.41, 5.74) is 0. The van der Waals surface area contributed by atoms with E-state index >= 15 is 0 Å². The molecule has 4 nitrogen and oxygen atoms in total. The molecule has 0 saturated carbocycles. The first kappa shape index (κ1) is 7.94. The van der Waals surface area contributed by atoms with Crippen molar-refractivity contribution < 1.29 is 19.7 Å². The number of hydrogen-bond donors (Lipinski definition) is 2. The lowest BCUT2D eigenvalue weighted by Gasteiger charge is -2.11. The first-order chi connectivity index (χ1) is 4.74. The van der Waals surface area contributed by atoms with Crippen LogP contribution in [0.3, 0.4) is 0 Å². The highest BCUT2D eigenvalue weighted by Crippen LogP contribution is 2.18. The molecule has 0 aromatic carbocycles. The van der Waals surface area contributed by atoms with Gasteiger partial charge in [-0.3, -0.25) is 0 Å². The molecule has 1 saturated heterocycles. The highest BCUT2D eigenvalue weighted by atomic mass is 16.6. The van der Waals surface area contributed by atoms with E-state index in [1.807, 2.05) is 0 Å². The Kier molecular flexibility index (Phi) is 2.62. The van der Waals surface area contributed by atoms with Crippen LogP contribution in [0.2, 0.25) is 0 Å². The zero-order valence-corrected chi connectivity index (χ0v) is 5.86. The van der Waals surface area contributed by atoms with Crippen LogP contribution in [-0.2, 0) is 9.47 Å². The highest BCUT2D eigenvalue weighted by molar-refractivity contribution is 4.76. The smallest absolute Gasteiger partial charge is 0.157 e. The number of rotatable bonds is 2. The van der Waals surface area contributed by atoms with E-state index in [9.17, 15) is 0 Å². The summed E-state index contributed by atoms with van der Waals surface area (Å²) < 4.78 is 9.64. The van der Waals surface area contributed by atoms with Crippen LogP contribution in [-0.4, -0.2) is 42.4 Å². The fourth-order valence-corrected chi connectivity index (χ4v) is 1.02. The van der Waals surface area contributed by atoms with Crippen molar-refractivity contribution in [2.75, 3.05) is 13.7 Å². The standard InChI is InChI=1S/C6H12O4/c1-9-3-5-4(7)2-6(8)10-5/h4-8H,2-3H2,1H3/t4-,5+,6-/m0/s1. The van der Waals surface area contributed by atoms with Gasteiger partial charge in [0.05, 0.1) is 12.7 Å². The van der Waals surface area contributed by atoms with Crippen LogP contribution in [0.25, 0.3) is 0 Å². The first-order valence-corrected chi connectivity index (χ1v) is 3.24. The van der Waals surface area contributed by atoms with Gasteiger partial charge in [0, 0.05) is 13.5 Å². The molecule has 0 aromatic rings. The van der Waals surface area contributed by atoms with Crippen LogP contribution < -0.4 is 0 Å². The summed E-state index contributed by atoms with van der Waals surface area (Å²) in [5.74, 6) is 0. The molecule has 4 heteroatoms. The molecule has 0 aromatic heterocycles. The molecule has 1 aliphatic heterocycles. The molecule has 0 amide bonds. The molecule has 60 valence electrons. The molecule has 1 heterocycles. The number of methoxy groups -OCH3 is 1. The average Bonchev–Trinajstić information content (AvgIpc) is 2.13. The Morgan fingerprint density at radius 3 is 2.70 bits per heavy atom. The molecule has 0 bridgehead atoms. The Balaban J connectivity index is 2.31. The van der Waals surface area contributed by atoms with Gasteiger partial charge in [0.15, 0.2) is 6.29 Å². The lowest BCUT2D eigenvalue weighted by Crippen LogP contribution is -2.25. The summed E-state index contributed by atoms with van der Waals surface area (Å²) in [5, 5.41) is 18.0. The summed E-state index contributed by atoms with van der Waals surface area (Å²) >= 11 is 0. The van der Waals surface area contributed by atoms with Crippen molar-refractivity contribution in [2.24, 2.45) is 0 Å². The Labute approximate surface area is 59.4 Å². The molecule has 0 spiro atoms. The summed E-state index contributed by atoms with van der Waals surface area (Å²) in [6.45, 7) is 0.332. The highest BCUT2D eigenvalue weighted by Gasteiger charge is 2.32. The first-order valence-electron chi connectivity index (χ1n) is 3.24. The van der Waals surface area contributed by atoms with Gasteiger partial charge in [-0.25, -0.2) is 0 Å². The Hall–Kier alpha value is -0.160. The lowest BCUT2D eigenvalue weighted by molar-refractivity contribution is -0.111. The second kappa shape index (κ2) is 3.30. The Bertz CT molecular complexity index is 106. The van der Waals surface area contributed by atoms with Gasteiger partial charge < -0.3 is 19.7 Å². The van der Waals surface area contributed by atoms with Crippen molar-refractivity contribution in [1.29, 1.82) is 0 Å². The van der Waals surface area contributed by atoms with E-state index in [2.05, 4.69) is 0 Å². The Morgan fingerprint density at radius 2 is 2.30 bits per heavy atom. The molecule has 3 atom stereocenters. The van der Waals surface area contributed by atoms with Gasteiger partial charge in [-0.1, -0.05) is 0 Å². The largest absolute Gasteiger partial charge is 0.390 e. The van der Waals surface area contributed by atoms with Crippen molar-refractivity contribution >= 4 is 0 Å². The molecule has 0 aliphatic carbocycles. The molecule has 1 aliphatic rings. The summed E-state index contributed by atoms with van der Waals surface area (Å²) in [7, 11) is 1.53. The van der Waals surface area contributed by atoms with E-state index in [0.29, 0.717) is 6.61 Å². The minimum Gasteiger partial charge on any atom is -0.390 e. The van der Waals surface area contributed by atoms with Crippen LogP contribution in [0.1, 0.15) is 6.42 Å². The van der Waals surface area contributed by atoms with Crippen molar-refractivity contribution in [3.63, 3.8) is 0 Å². The fraction of sp³-hybridized carbons (Fsp3) is 1.00. The van der Waals surface area contributed by atoms with Crippen LogP contribution in [0.5, 0.6) is 0 Å². The molecule has 1 fully saturated rings. The average molecular weight is 148 g/mol. The maximum Gasteiger partial charge on any atom is 0.157 e. The number of aliphatic hydroxyl groups is 2. The molecule has 10 heavy (non-hydrogen) atoms. The third-order valence-electron chi connectivity index (χ3n) is 1.54. The van der Waals surface area contributed by atoms with Gasteiger partial charge in [-0.2, -0.15) is 0 Å². The van der Waals surface area contributed by atoms with Gasteiger partial charge >= 0.3 is 0 Å². The van der Waals surface area contributed by atoms with Crippen LogP contribution in [0, 0.1) is 0 Å². The lowest BCUT2D eigenvalue weighted by atomic mass is 10.2. The molecular formula is C6H12O4. The number of hydrogen-bond acceptors (Lipinski definition) is 4. The molecule has 0 unspecified atom stereocenters. The second-order valence-electron chi connectivity index (χ2n) is 2.39. The van der Waals surface area contributed by atoms with Gasteiger partial charge in [0.1, 0.15) is 6.10 Å². The van der Waals surface area contributed by atoms with Crippen LogP contribution >= 0.6 is 0 Å². The summed E-state index contributed by atoms with van der Waals surface area (Å²) in [4.78, 5) is 0. The predicted octanol–water partition coefficient (Wildman–Crippen LogP) is -0.899. The third-order valence-corrected chi connectivity index (χ3v) is 1.54.